The van der Waals surface area contributed by atoms with Gasteiger partial charge in [0.15, 0.2) is 0 Å². The Bertz CT molecular complexity index is 701. The number of ether oxygens (including phenoxy) is 1. The van der Waals surface area contributed by atoms with Gasteiger partial charge in [-0.15, -0.1) is 0 Å². The molecule has 2 aromatic rings. The number of halogens is 1. The van der Waals surface area contributed by atoms with E-state index in [9.17, 15) is 14.0 Å². The van der Waals surface area contributed by atoms with Crippen LogP contribution in [-0.4, -0.2) is 17.0 Å². The lowest BCUT2D eigenvalue weighted by atomic mass is 10.1. The Morgan fingerprint density at radius 1 is 1.13 bits per heavy atom. The highest BCUT2D eigenvalue weighted by molar-refractivity contribution is 5.95. The summed E-state index contributed by atoms with van der Waals surface area (Å²) in [7, 11) is 0. The fourth-order valence-corrected chi connectivity index (χ4v) is 1.78. The van der Waals surface area contributed by atoms with Gasteiger partial charge in [0.1, 0.15) is 18.2 Å². The van der Waals surface area contributed by atoms with Gasteiger partial charge in [0, 0.05) is 0 Å². The van der Waals surface area contributed by atoms with Gasteiger partial charge >= 0.3 is 5.97 Å². The smallest absolute Gasteiger partial charge is 0.338 e. The van der Waals surface area contributed by atoms with Crippen LogP contribution in [0.1, 0.15) is 40.1 Å². The third-order valence-electron chi connectivity index (χ3n) is 2.81. The molecule has 0 aliphatic rings. The first-order valence-corrected chi connectivity index (χ1v) is 7.02. The van der Waals surface area contributed by atoms with Crippen LogP contribution in [0.5, 0.6) is 5.75 Å². The average Bonchev–Trinajstić information content (AvgIpc) is 2.56. The molecule has 0 spiro atoms. The molecular weight excluding hydrogens is 301 g/mol. The van der Waals surface area contributed by atoms with Crippen molar-refractivity contribution in [3.8, 4) is 5.75 Å². The van der Waals surface area contributed by atoms with Crippen LogP contribution >= 0.6 is 0 Å². The number of carboxylic acid groups (broad SMARTS) is 1. The Morgan fingerprint density at radius 3 is 2.39 bits per heavy atom. The van der Waals surface area contributed by atoms with Crippen molar-refractivity contribution in [1.82, 2.24) is 0 Å². The van der Waals surface area contributed by atoms with Crippen LogP contribution in [0.15, 0.2) is 42.5 Å². The van der Waals surface area contributed by atoms with Crippen molar-refractivity contribution in [1.29, 1.82) is 0 Å². The second-order valence-electron chi connectivity index (χ2n) is 4.27. The number of para-hydroxylation sites is 1. The zero-order chi connectivity index (χ0) is 17.4. The summed E-state index contributed by atoms with van der Waals surface area (Å²) in [5.74, 6) is -2.52. The fraction of sp³-hybridized carbons (Fsp3) is 0.176. The maximum atomic E-state index is 13.3. The molecule has 1 amide bonds. The van der Waals surface area contributed by atoms with Crippen LogP contribution in [0, 0.1) is 5.82 Å². The van der Waals surface area contributed by atoms with Crippen molar-refractivity contribution < 1.29 is 23.8 Å². The number of rotatable bonds is 5. The molecule has 0 fully saturated rings. The number of primary amides is 1. The highest BCUT2D eigenvalue weighted by atomic mass is 19.1. The summed E-state index contributed by atoms with van der Waals surface area (Å²) < 4.78 is 18.7. The summed E-state index contributed by atoms with van der Waals surface area (Å²) in [5.41, 5.74) is 5.48. The van der Waals surface area contributed by atoms with E-state index in [-0.39, 0.29) is 17.9 Å². The molecule has 0 atom stereocenters. The first kappa shape index (κ1) is 18.2. The van der Waals surface area contributed by atoms with E-state index in [0.29, 0.717) is 5.56 Å². The van der Waals surface area contributed by atoms with Crippen molar-refractivity contribution in [2.75, 3.05) is 0 Å². The number of hydrogen-bond acceptors (Lipinski definition) is 3. The average molecular weight is 319 g/mol. The molecule has 0 unspecified atom stereocenters. The van der Waals surface area contributed by atoms with Gasteiger partial charge in [-0.1, -0.05) is 32.0 Å². The number of nitrogens with two attached hydrogens (primary N) is 1. The Hall–Kier alpha value is -2.89. The summed E-state index contributed by atoms with van der Waals surface area (Å²) in [4.78, 5) is 22.1. The Morgan fingerprint density at radius 2 is 1.78 bits per heavy atom. The van der Waals surface area contributed by atoms with Crippen LogP contribution in [0.3, 0.4) is 0 Å². The molecule has 0 aromatic heterocycles. The molecule has 0 aliphatic carbocycles. The van der Waals surface area contributed by atoms with Gasteiger partial charge in [-0.05, 0) is 29.8 Å². The quantitative estimate of drug-likeness (QED) is 0.885. The molecule has 6 heteroatoms. The van der Waals surface area contributed by atoms with E-state index in [1.165, 1.54) is 18.2 Å². The van der Waals surface area contributed by atoms with Crippen molar-refractivity contribution in [3.05, 3.63) is 65.0 Å². The minimum atomic E-state index is -1.35. The Balaban J connectivity index is 0.00000127. The predicted octanol–water partition coefficient (Wildman–Crippen LogP) is 3.23. The Kier molecular flexibility index (Phi) is 6.73. The van der Waals surface area contributed by atoms with Crippen LogP contribution < -0.4 is 10.5 Å². The number of carbonyl (C=O) groups is 2. The summed E-state index contributed by atoms with van der Waals surface area (Å²) in [6.07, 6.45) is 0. The highest BCUT2D eigenvalue weighted by Gasteiger charge is 2.12. The van der Waals surface area contributed by atoms with Crippen molar-refractivity contribution in [2.24, 2.45) is 5.73 Å². The van der Waals surface area contributed by atoms with Crippen molar-refractivity contribution in [2.45, 2.75) is 20.5 Å². The molecule has 2 rings (SSSR count). The standard InChI is InChI=1S/C15H12FNO4.C2H6/c16-12-6-5-9(7-11(12)15(19)20)8-21-13-4-2-1-3-10(13)14(17)18;1-2/h1-7H,8H2,(H2,17,18)(H,19,20);1-2H3. The van der Waals surface area contributed by atoms with E-state index in [0.717, 1.165) is 6.07 Å². The molecule has 0 aliphatic heterocycles. The molecule has 3 N–H and O–H groups in total. The number of hydrogen-bond donors (Lipinski definition) is 2. The first-order chi connectivity index (χ1) is 11.0. The number of carbonyl (C=O) groups excluding carboxylic acids is 1. The van der Waals surface area contributed by atoms with Gasteiger partial charge in [-0.3, -0.25) is 4.79 Å². The van der Waals surface area contributed by atoms with Gasteiger partial charge in [0.2, 0.25) is 0 Å². The first-order valence-electron chi connectivity index (χ1n) is 7.02. The molecular formula is C17H18FNO4. The molecule has 0 radical (unpaired) electrons. The van der Waals surface area contributed by atoms with Gasteiger partial charge < -0.3 is 15.6 Å². The topological polar surface area (TPSA) is 89.6 Å². The molecule has 0 saturated carbocycles. The molecule has 0 saturated heterocycles. The molecule has 23 heavy (non-hydrogen) atoms. The van der Waals surface area contributed by atoms with Crippen LogP contribution in [-0.2, 0) is 6.61 Å². The van der Waals surface area contributed by atoms with Gasteiger partial charge in [0.25, 0.3) is 5.91 Å². The third kappa shape index (κ3) is 4.81. The zero-order valence-corrected chi connectivity index (χ0v) is 12.9. The van der Waals surface area contributed by atoms with E-state index in [2.05, 4.69) is 0 Å². The number of benzene rings is 2. The fourth-order valence-electron chi connectivity index (χ4n) is 1.78. The number of aromatic carboxylic acids is 1. The Labute approximate surface area is 133 Å². The third-order valence-corrected chi connectivity index (χ3v) is 2.81. The second-order valence-corrected chi connectivity index (χ2v) is 4.27. The normalized spacial score (nSPS) is 9.52. The van der Waals surface area contributed by atoms with E-state index in [1.54, 1.807) is 18.2 Å². The zero-order valence-electron chi connectivity index (χ0n) is 12.9. The van der Waals surface area contributed by atoms with Crippen LogP contribution in [0.25, 0.3) is 0 Å². The van der Waals surface area contributed by atoms with Crippen LogP contribution in [0.2, 0.25) is 0 Å². The lowest BCUT2D eigenvalue weighted by molar-refractivity contribution is 0.0691. The van der Waals surface area contributed by atoms with Gasteiger partial charge in [-0.25, -0.2) is 9.18 Å². The largest absolute Gasteiger partial charge is 0.488 e. The van der Waals surface area contributed by atoms with Crippen molar-refractivity contribution in [3.63, 3.8) is 0 Å². The van der Waals surface area contributed by atoms with E-state index < -0.39 is 23.3 Å². The van der Waals surface area contributed by atoms with E-state index in [1.807, 2.05) is 13.8 Å². The summed E-state index contributed by atoms with van der Waals surface area (Å²) in [6.45, 7) is 3.99. The second kappa shape index (κ2) is 8.53. The molecule has 2 aromatic carbocycles. The van der Waals surface area contributed by atoms with Gasteiger partial charge in [-0.2, -0.15) is 0 Å². The highest BCUT2D eigenvalue weighted by Crippen LogP contribution is 2.19. The molecule has 5 nitrogen and oxygen atoms in total. The predicted molar refractivity (Wildman–Crippen MR) is 84.0 cm³/mol. The van der Waals surface area contributed by atoms with Gasteiger partial charge in [0.05, 0.1) is 11.1 Å². The minimum absolute atomic E-state index is 0.00907. The van der Waals surface area contributed by atoms with E-state index >= 15 is 0 Å². The maximum absolute atomic E-state index is 13.3. The lowest BCUT2D eigenvalue weighted by Crippen LogP contribution is -2.13. The monoisotopic (exact) mass is 319 g/mol. The minimum Gasteiger partial charge on any atom is -0.488 e. The van der Waals surface area contributed by atoms with Crippen molar-refractivity contribution >= 4 is 11.9 Å². The SMILES string of the molecule is CC.NC(=O)c1ccccc1OCc1ccc(F)c(C(=O)O)c1. The van der Waals surface area contributed by atoms with E-state index in [4.69, 9.17) is 15.6 Å². The molecule has 0 heterocycles. The molecule has 122 valence electrons. The summed E-state index contributed by atoms with van der Waals surface area (Å²) >= 11 is 0. The number of amides is 1. The number of carboxylic acids is 1. The molecule has 0 bridgehead atoms. The maximum Gasteiger partial charge on any atom is 0.338 e. The summed E-state index contributed by atoms with van der Waals surface area (Å²) in [6, 6.07) is 10.1. The van der Waals surface area contributed by atoms with Crippen LogP contribution in [0.4, 0.5) is 4.39 Å². The summed E-state index contributed by atoms with van der Waals surface area (Å²) in [5, 5.41) is 8.85. The lowest BCUT2D eigenvalue weighted by Gasteiger charge is -2.10.